The third-order valence-electron chi connectivity index (χ3n) is 14.5. The average Bonchev–Trinajstić information content (AvgIpc) is 4.00. The van der Waals surface area contributed by atoms with E-state index < -0.39 is 0 Å². The molecule has 0 atom stereocenters. The first-order chi connectivity index (χ1) is 34.7. The minimum absolute atomic E-state index is 0.841. The Kier molecular flexibility index (Phi) is 8.33. The molecule has 0 unspecified atom stereocenters. The predicted molar refractivity (Wildman–Crippen MR) is 295 cm³/mol. The summed E-state index contributed by atoms with van der Waals surface area (Å²) in [5.74, 6) is 0. The van der Waals surface area contributed by atoms with E-state index in [1.165, 1.54) is 43.1 Å². The molecular weight excluding hydrogens is 853 g/mol. The van der Waals surface area contributed by atoms with Crippen molar-refractivity contribution in [2.45, 2.75) is 0 Å². The molecule has 0 aliphatic carbocycles. The highest BCUT2D eigenvalue weighted by molar-refractivity contribution is 6.30. The first-order valence-electron chi connectivity index (χ1n) is 23.9. The minimum atomic E-state index is 0.841. The number of hydrogen-bond acceptors (Lipinski definition) is 4. The fourth-order valence-electron chi connectivity index (χ4n) is 11.3. The van der Waals surface area contributed by atoms with Gasteiger partial charge in [0.15, 0.2) is 0 Å². The van der Waals surface area contributed by atoms with Gasteiger partial charge >= 0.3 is 0 Å². The van der Waals surface area contributed by atoms with Crippen molar-refractivity contribution < 1.29 is 8.83 Å². The summed E-state index contributed by atoms with van der Waals surface area (Å²) in [6.45, 7) is 0. The molecule has 0 fully saturated rings. The minimum Gasteiger partial charge on any atom is -0.455 e. The lowest BCUT2D eigenvalue weighted by molar-refractivity contribution is 0.666. The second kappa shape index (κ2) is 15.1. The van der Waals surface area contributed by atoms with E-state index in [1.54, 1.807) is 0 Å². The lowest BCUT2D eigenvalue weighted by Gasteiger charge is -2.26. The zero-order valence-corrected chi connectivity index (χ0v) is 37.8. The van der Waals surface area contributed by atoms with Crippen molar-refractivity contribution in [2.24, 2.45) is 0 Å². The maximum absolute atomic E-state index is 6.85. The molecule has 0 amide bonds. The van der Waals surface area contributed by atoms with Crippen molar-refractivity contribution in [3.05, 3.63) is 243 Å². The number of anilines is 6. The van der Waals surface area contributed by atoms with E-state index in [9.17, 15) is 0 Å². The van der Waals surface area contributed by atoms with Crippen molar-refractivity contribution in [1.82, 2.24) is 0 Å². The summed E-state index contributed by atoms with van der Waals surface area (Å²) >= 11 is 0. The SMILES string of the molecule is c1ccc(N(c2ccc3c(ccc4ccccc43)c2)c2ccc3c(ccc4c3oc3ccc5oc6c7ccc(N(c8ccccc8)c8ccc9c(ccc%10ccccc%109)c8)cc7ccc6c5c34)c2)cc1. The van der Waals surface area contributed by atoms with E-state index in [4.69, 9.17) is 8.83 Å². The van der Waals surface area contributed by atoms with Crippen molar-refractivity contribution in [1.29, 1.82) is 0 Å². The molecule has 0 saturated heterocycles. The van der Waals surface area contributed by atoms with E-state index >= 15 is 0 Å². The highest BCUT2D eigenvalue weighted by atomic mass is 16.3. The average molecular weight is 893 g/mol. The van der Waals surface area contributed by atoms with Crippen LogP contribution in [0.15, 0.2) is 251 Å². The summed E-state index contributed by atoms with van der Waals surface area (Å²) in [5, 5.41) is 18.6. The van der Waals surface area contributed by atoms with Crippen LogP contribution in [0.1, 0.15) is 0 Å². The summed E-state index contributed by atoms with van der Waals surface area (Å²) in [5.41, 5.74) is 9.97. The van der Waals surface area contributed by atoms with Crippen molar-refractivity contribution in [3.8, 4) is 0 Å². The van der Waals surface area contributed by atoms with Crippen LogP contribution in [0.3, 0.4) is 0 Å². The van der Waals surface area contributed by atoms with Gasteiger partial charge in [0.25, 0.3) is 0 Å². The van der Waals surface area contributed by atoms with Gasteiger partial charge in [-0.1, -0.05) is 133 Å². The Bertz CT molecular complexity index is 4310. The molecule has 70 heavy (non-hydrogen) atoms. The van der Waals surface area contributed by atoms with Gasteiger partial charge in [-0.3, -0.25) is 0 Å². The van der Waals surface area contributed by atoms with Gasteiger partial charge in [0.2, 0.25) is 0 Å². The molecule has 0 aliphatic rings. The molecule has 0 bridgehead atoms. The summed E-state index contributed by atoms with van der Waals surface area (Å²) < 4.78 is 13.7. The molecule has 2 aromatic heterocycles. The molecule has 326 valence electrons. The number of fused-ring (bicyclic) bond motifs is 17. The summed E-state index contributed by atoms with van der Waals surface area (Å²) in [6, 6.07) is 87.4. The topological polar surface area (TPSA) is 32.8 Å². The summed E-state index contributed by atoms with van der Waals surface area (Å²) in [4.78, 5) is 4.69. The Morgan fingerprint density at radius 1 is 0.214 bits per heavy atom. The van der Waals surface area contributed by atoms with Crippen LogP contribution in [0.2, 0.25) is 0 Å². The second-order valence-corrected chi connectivity index (χ2v) is 18.4. The number of para-hydroxylation sites is 2. The highest BCUT2D eigenvalue weighted by Gasteiger charge is 2.22. The monoisotopic (exact) mass is 892 g/mol. The summed E-state index contributed by atoms with van der Waals surface area (Å²) in [7, 11) is 0. The van der Waals surface area contributed by atoms with Gasteiger partial charge in [-0.05, 0) is 163 Å². The van der Waals surface area contributed by atoms with Crippen LogP contribution in [-0.4, -0.2) is 0 Å². The molecule has 0 spiro atoms. The van der Waals surface area contributed by atoms with E-state index in [2.05, 4.69) is 252 Å². The molecule has 13 aromatic carbocycles. The Hall–Kier alpha value is -9.38. The van der Waals surface area contributed by atoms with Crippen LogP contribution in [-0.2, 0) is 0 Å². The quantitative estimate of drug-likeness (QED) is 0.156. The van der Waals surface area contributed by atoms with E-state index in [-0.39, 0.29) is 0 Å². The number of furan rings is 2. The first-order valence-corrected chi connectivity index (χ1v) is 23.9. The molecular formula is C66H40N2O2. The van der Waals surface area contributed by atoms with Gasteiger partial charge in [0.05, 0.1) is 0 Å². The van der Waals surface area contributed by atoms with Crippen LogP contribution in [0, 0.1) is 0 Å². The van der Waals surface area contributed by atoms with E-state index in [0.29, 0.717) is 0 Å². The van der Waals surface area contributed by atoms with Crippen LogP contribution < -0.4 is 9.80 Å². The number of hydrogen-bond donors (Lipinski definition) is 0. The fourth-order valence-corrected chi connectivity index (χ4v) is 11.3. The smallest absolute Gasteiger partial charge is 0.143 e. The van der Waals surface area contributed by atoms with Crippen LogP contribution in [0.25, 0.3) is 109 Å². The zero-order valence-electron chi connectivity index (χ0n) is 37.8. The van der Waals surface area contributed by atoms with Gasteiger partial charge < -0.3 is 18.6 Å². The van der Waals surface area contributed by atoms with Crippen molar-refractivity contribution >= 4 is 143 Å². The van der Waals surface area contributed by atoms with Crippen LogP contribution in [0.4, 0.5) is 34.1 Å². The van der Waals surface area contributed by atoms with Crippen LogP contribution >= 0.6 is 0 Å². The molecule has 0 aliphatic heterocycles. The number of rotatable bonds is 6. The lowest BCUT2D eigenvalue weighted by atomic mass is 9.99. The Morgan fingerprint density at radius 2 is 0.529 bits per heavy atom. The largest absolute Gasteiger partial charge is 0.455 e. The zero-order chi connectivity index (χ0) is 45.9. The fraction of sp³-hybridized carbons (Fsp3) is 0. The lowest BCUT2D eigenvalue weighted by Crippen LogP contribution is -2.09. The first kappa shape index (κ1) is 38.7. The van der Waals surface area contributed by atoms with Gasteiger partial charge in [-0.25, -0.2) is 0 Å². The molecule has 4 heteroatoms. The van der Waals surface area contributed by atoms with Crippen molar-refractivity contribution in [3.63, 3.8) is 0 Å². The van der Waals surface area contributed by atoms with E-state index in [0.717, 1.165) is 99.5 Å². The van der Waals surface area contributed by atoms with Gasteiger partial charge in [-0.15, -0.1) is 0 Å². The van der Waals surface area contributed by atoms with Gasteiger partial charge in [-0.2, -0.15) is 0 Å². The number of nitrogens with zero attached hydrogens (tertiary/aromatic N) is 2. The van der Waals surface area contributed by atoms with Gasteiger partial charge in [0.1, 0.15) is 22.3 Å². The number of benzene rings is 13. The third-order valence-corrected chi connectivity index (χ3v) is 14.5. The maximum atomic E-state index is 6.85. The molecule has 15 aromatic rings. The van der Waals surface area contributed by atoms with Crippen LogP contribution in [0.5, 0.6) is 0 Å². The molecule has 15 rings (SSSR count). The van der Waals surface area contributed by atoms with E-state index in [1.807, 2.05) is 0 Å². The second-order valence-electron chi connectivity index (χ2n) is 18.4. The summed E-state index contributed by atoms with van der Waals surface area (Å²) in [6.07, 6.45) is 0. The Morgan fingerprint density at radius 3 is 0.957 bits per heavy atom. The third kappa shape index (κ3) is 5.90. The maximum Gasteiger partial charge on any atom is 0.143 e. The Balaban J connectivity index is 0.839. The standard InChI is InChI=1S/C66H40N2O2/c1-3-13-47(14-4-1)67(49-25-31-55-43(37-49)21-19-41-11-7-9-17-53(41)55)51-27-33-57-45(39-51)23-29-59-63-61(69-65(57)59)35-36-62-64(63)60-30-24-46-40-52(28-34-58(46)66(60)70-62)68(48-15-5-2-6-16-48)50-26-32-56-44(38-50)22-20-42-12-8-10-18-54(42)56/h1-40H. The molecule has 2 heterocycles. The molecule has 0 saturated carbocycles. The molecule has 0 N–H and O–H groups in total. The van der Waals surface area contributed by atoms with Gasteiger partial charge in [0, 0.05) is 66.4 Å². The normalized spacial score (nSPS) is 12.0. The molecule has 4 nitrogen and oxygen atoms in total. The predicted octanol–water partition coefficient (Wildman–Crippen LogP) is 19.3. The van der Waals surface area contributed by atoms with Crippen molar-refractivity contribution in [2.75, 3.05) is 9.80 Å². The highest BCUT2D eigenvalue weighted by Crippen LogP contribution is 2.46. The molecule has 0 radical (unpaired) electrons. The Labute approximate surface area is 402 Å².